The first-order valence-electron chi connectivity index (χ1n) is 10.0. The number of hydrogen-bond acceptors (Lipinski definition) is 4. The Hall–Kier alpha value is -3.31. The Labute approximate surface area is 175 Å². The number of methoxy groups -OCH3 is 1. The van der Waals surface area contributed by atoms with Crippen molar-refractivity contribution in [3.05, 3.63) is 89.6 Å². The first kappa shape index (κ1) is 18.7. The van der Waals surface area contributed by atoms with Crippen molar-refractivity contribution < 1.29 is 9.13 Å². The molecule has 2 aromatic heterocycles. The molecule has 30 heavy (non-hydrogen) atoms. The van der Waals surface area contributed by atoms with Crippen LogP contribution in [0.2, 0.25) is 0 Å². The number of hydrogen-bond donors (Lipinski definition) is 0. The van der Waals surface area contributed by atoms with E-state index in [1.165, 1.54) is 23.3 Å². The van der Waals surface area contributed by atoms with Gasteiger partial charge in [-0.2, -0.15) is 0 Å². The maximum absolute atomic E-state index is 14.0. The molecule has 0 fully saturated rings. The van der Waals surface area contributed by atoms with Crippen molar-refractivity contribution in [1.82, 2.24) is 14.9 Å². The van der Waals surface area contributed by atoms with Crippen molar-refractivity contribution >= 4 is 10.9 Å². The second kappa shape index (κ2) is 7.50. The lowest BCUT2D eigenvalue weighted by Crippen LogP contribution is -2.22. The Morgan fingerprint density at radius 1 is 1.03 bits per heavy atom. The molecule has 1 atom stereocenters. The summed E-state index contributed by atoms with van der Waals surface area (Å²) in [5, 5.41) is 0.664. The molecule has 150 valence electrons. The van der Waals surface area contributed by atoms with Gasteiger partial charge in [-0.25, -0.2) is 4.39 Å². The van der Waals surface area contributed by atoms with E-state index in [9.17, 15) is 4.39 Å². The molecule has 5 rings (SSSR count). The minimum absolute atomic E-state index is 0.0379. The van der Waals surface area contributed by atoms with E-state index in [-0.39, 0.29) is 11.9 Å². The van der Waals surface area contributed by atoms with Gasteiger partial charge in [0.05, 0.1) is 24.4 Å². The largest absolute Gasteiger partial charge is 0.495 e. The highest BCUT2D eigenvalue weighted by molar-refractivity contribution is 5.93. The third kappa shape index (κ3) is 3.12. The highest BCUT2D eigenvalue weighted by Gasteiger charge is 2.29. The van der Waals surface area contributed by atoms with Gasteiger partial charge in [-0.15, -0.1) is 0 Å². The molecule has 4 aromatic rings. The summed E-state index contributed by atoms with van der Waals surface area (Å²) in [6.45, 7) is 3.91. The SMILES string of the molecule is COc1c(-c2cccnc2)c(C(C)N2Cc3ccccc3C2)nc2ccc(F)cc12. The van der Waals surface area contributed by atoms with E-state index < -0.39 is 0 Å². The standard InChI is InChI=1S/C25H22FN3O/c1-16(29-14-18-6-3-4-7-19(18)15-29)24-23(17-8-5-11-27-13-17)25(30-2)21-12-20(26)9-10-22(21)28-24/h3-13,16H,14-15H2,1-2H3. The van der Waals surface area contributed by atoms with E-state index in [4.69, 9.17) is 9.72 Å². The van der Waals surface area contributed by atoms with Crippen LogP contribution in [-0.2, 0) is 13.1 Å². The smallest absolute Gasteiger partial charge is 0.138 e. The molecule has 0 saturated heterocycles. The first-order chi connectivity index (χ1) is 14.7. The van der Waals surface area contributed by atoms with Gasteiger partial charge in [0.1, 0.15) is 11.6 Å². The van der Waals surface area contributed by atoms with E-state index in [1.807, 2.05) is 12.1 Å². The Bertz CT molecular complexity index is 1200. The van der Waals surface area contributed by atoms with Crippen LogP contribution in [0, 0.1) is 5.82 Å². The van der Waals surface area contributed by atoms with Crippen molar-refractivity contribution in [1.29, 1.82) is 0 Å². The molecule has 0 spiro atoms. The van der Waals surface area contributed by atoms with Crippen LogP contribution >= 0.6 is 0 Å². The van der Waals surface area contributed by atoms with Crippen LogP contribution in [0.1, 0.15) is 29.8 Å². The van der Waals surface area contributed by atoms with E-state index in [1.54, 1.807) is 25.6 Å². The van der Waals surface area contributed by atoms with Crippen molar-refractivity contribution in [2.24, 2.45) is 0 Å². The van der Waals surface area contributed by atoms with Crippen molar-refractivity contribution in [2.45, 2.75) is 26.1 Å². The van der Waals surface area contributed by atoms with Gasteiger partial charge in [0.2, 0.25) is 0 Å². The molecule has 0 bridgehead atoms. The van der Waals surface area contributed by atoms with Gasteiger partial charge in [0.25, 0.3) is 0 Å². The summed E-state index contributed by atoms with van der Waals surface area (Å²) in [6, 6.07) is 17.1. The molecule has 0 aliphatic carbocycles. The fraction of sp³-hybridized carbons (Fsp3) is 0.200. The lowest BCUT2D eigenvalue weighted by atomic mass is 9.97. The van der Waals surface area contributed by atoms with E-state index in [0.29, 0.717) is 11.1 Å². The van der Waals surface area contributed by atoms with Gasteiger partial charge in [0.15, 0.2) is 0 Å². The molecule has 5 heteroatoms. The third-order valence-electron chi connectivity index (χ3n) is 5.89. The number of halogens is 1. The normalized spacial score (nSPS) is 14.6. The zero-order valence-electron chi connectivity index (χ0n) is 17.0. The van der Waals surface area contributed by atoms with Crippen LogP contribution in [0.3, 0.4) is 0 Å². The highest BCUT2D eigenvalue weighted by Crippen LogP contribution is 2.43. The van der Waals surface area contributed by atoms with E-state index in [0.717, 1.165) is 35.4 Å². The second-order valence-corrected chi connectivity index (χ2v) is 7.66. The molecular weight excluding hydrogens is 377 g/mol. The predicted molar refractivity (Wildman–Crippen MR) is 116 cm³/mol. The van der Waals surface area contributed by atoms with Crippen LogP contribution < -0.4 is 4.74 Å². The summed E-state index contributed by atoms with van der Waals surface area (Å²) in [5.74, 6) is 0.321. The number of nitrogens with zero attached hydrogens (tertiary/aromatic N) is 3. The first-order valence-corrected chi connectivity index (χ1v) is 10.0. The highest BCUT2D eigenvalue weighted by atomic mass is 19.1. The van der Waals surface area contributed by atoms with Crippen LogP contribution in [0.5, 0.6) is 5.75 Å². The summed E-state index contributed by atoms with van der Waals surface area (Å²) in [7, 11) is 1.62. The Kier molecular flexibility index (Phi) is 4.68. The zero-order chi connectivity index (χ0) is 20.7. The molecule has 2 aromatic carbocycles. The number of benzene rings is 2. The number of rotatable bonds is 4. The molecule has 0 saturated carbocycles. The molecule has 1 unspecified atom stereocenters. The van der Waals surface area contributed by atoms with Crippen molar-refractivity contribution in [3.8, 4) is 16.9 Å². The molecule has 3 heterocycles. The average molecular weight is 399 g/mol. The average Bonchev–Trinajstić information content (AvgIpc) is 3.22. The second-order valence-electron chi connectivity index (χ2n) is 7.66. The third-order valence-corrected chi connectivity index (χ3v) is 5.89. The molecular formula is C25H22FN3O. The van der Waals surface area contributed by atoms with Gasteiger partial charge >= 0.3 is 0 Å². The molecule has 4 nitrogen and oxygen atoms in total. The number of fused-ring (bicyclic) bond motifs is 2. The fourth-order valence-corrected chi connectivity index (χ4v) is 4.33. The number of ether oxygens (including phenoxy) is 1. The van der Waals surface area contributed by atoms with Gasteiger partial charge in [-0.05, 0) is 42.3 Å². The summed E-state index contributed by atoms with van der Waals surface area (Å²) >= 11 is 0. The van der Waals surface area contributed by atoms with Crippen LogP contribution in [0.25, 0.3) is 22.0 Å². The van der Waals surface area contributed by atoms with Crippen molar-refractivity contribution in [3.63, 3.8) is 0 Å². The minimum atomic E-state index is -0.310. The Morgan fingerprint density at radius 2 is 1.80 bits per heavy atom. The van der Waals surface area contributed by atoms with Crippen LogP contribution in [0.15, 0.2) is 67.0 Å². The lowest BCUT2D eigenvalue weighted by Gasteiger charge is -2.27. The monoisotopic (exact) mass is 399 g/mol. The maximum atomic E-state index is 14.0. The van der Waals surface area contributed by atoms with Gasteiger partial charge in [-0.1, -0.05) is 30.3 Å². The van der Waals surface area contributed by atoms with E-state index in [2.05, 4.69) is 41.1 Å². The van der Waals surface area contributed by atoms with Crippen LogP contribution in [0.4, 0.5) is 4.39 Å². The number of aromatic nitrogens is 2. The quantitative estimate of drug-likeness (QED) is 0.453. The fourth-order valence-electron chi connectivity index (χ4n) is 4.33. The van der Waals surface area contributed by atoms with Gasteiger partial charge in [-0.3, -0.25) is 14.9 Å². The number of pyridine rings is 2. The zero-order valence-corrected chi connectivity index (χ0v) is 17.0. The topological polar surface area (TPSA) is 38.2 Å². The summed E-state index contributed by atoms with van der Waals surface area (Å²) in [6.07, 6.45) is 3.55. The van der Waals surface area contributed by atoms with E-state index >= 15 is 0 Å². The molecule has 0 N–H and O–H groups in total. The Morgan fingerprint density at radius 3 is 2.47 bits per heavy atom. The van der Waals surface area contributed by atoms with Gasteiger partial charge in [0, 0.05) is 42.0 Å². The summed E-state index contributed by atoms with van der Waals surface area (Å²) in [5.41, 5.74) is 6.11. The molecule has 0 amide bonds. The Balaban J connectivity index is 1.70. The minimum Gasteiger partial charge on any atom is -0.495 e. The molecule has 1 aliphatic heterocycles. The predicted octanol–water partition coefficient (Wildman–Crippen LogP) is 5.52. The lowest BCUT2D eigenvalue weighted by molar-refractivity contribution is 0.211. The van der Waals surface area contributed by atoms with Crippen LogP contribution in [-0.4, -0.2) is 22.0 Å². The van der Waals surface area contributed by atoms with Crippen molar-refractivity contribution in [2.75, 3.05) is 7.11 Å². The van der Waals surface area contributed by atoms with Gasteiger partial charge < -0.3 is 4.74 Å². The molecule has 1 aliphatic rings. The summed E-state index contributed by atoms with van der Waals surface area (Å²) in [4.78, 5) is 11.7. The maximum Gasteiger partial charge on any atom is 0.138 e. The molecule has 0 radical (unpaired) electrons. The summed E-state index contributed by atoms with van der Waals surface area (Å²) < 4.78 is 19.9.